The number of piperazine rings is 1. The first-order chi connectivity index (χ1) is 7.33. The Balaban J connectivity index is 2.31. The number of anilines is 1. The molecule has 1 N–H and O–H groups in total. The summed E-state index contributed by atoms with van der Waals surface area (Å²) in [6.45, 7) is 4.95. The molecule has 4 heteroatoms. The summed E-state index contributed by atoms with van der Waals surface area (Å²) in [6, 6.07) is 6.20. The number of nitrogens with one attached hydrogen (secondary N) is 1. The van der Waals surface area contributed by atoms with Crippen LogP contribution in [-0.4, -0.2) is 30.7 Å². The summed E-state index contributed by atoms with van der Waals surface area (Å²) < 4.78 is 0. The van der Waals surface area contributed by atoms with Crippen molar-refractivity contribution in [1.82, 2.24) is 10.3 Å². The molecule has 1 aliphatic rings. The van der Waals surface area contributed by atoms with Crippen LogP contribution in [0.5, 0.6) is 0 Å². The molecular weight excluding hydrogens is 188 g/mol. The largest absolute Gasteiger partial charge is 0.350 e. The summed E-state index contributed by atoms with van der Waals surface area (Å²) in [5.41, 5.74) is 0.659. The highest BCUT2D eigenvalue weighted by atomic mass is 15.3. The van der Waals surface area contributed by atoms with E-state index in [0.29, 0.717) is 11.6 Å². The quantitative estimate of drug-likeness (QED) is 0.730. The monoisotopic (exact) mass is 202 g/mol. The number of hydrogen-bond acceptors (Lipinski definition) is 4. The summed E-state index contributed by atoms with van der Waals surface area (Å²) in [7, 11) is 0. The van der Waals surface area contributed by atoms with Crippen LogP contribution in [0.15, 0.2) is 18.3 Å². The van der Waals surface area contributed by atoms with E-state index < -0.39 is 0 Å². The molecule has 1 fully saturated rings. The van der Waals surface area contributed by atoms with Gasteiger partial charge in [0.25, 0.3) is 0 Å². The molecule has 0 spiro atoms. The fourth-order valence-electron chi connectivity index (χ4n) is 1.87. The number of rotatable bonds is 1. The second-order valence-electron chi connectivity index (χ2n) is 3.73. The van der Waals surface area contributed by atoms with Crippen LogP contribution in [0.3, 0.4) is 0 Å². The Morgan fingerprint density at radius 3 is 3.27 bits per heavy atom. The van der Waals surface area contributed by atoms with Gasteiger partial charge in [-0.15, -0.1) is 0 Å². The van der Waals surface area contributed by atoms with Crippen molar-refractivity contribution in [3.8, 4) is 6.07 Å². The topological polar surface area (TPSA) is 52.0 Å². The zero-order valence-electron chi connectivity index (χ0n) is 8.77. The van der Waals surface area contributed by atoms with E-state index in [-0.39, 0.29) is 0 Å². The Morgan fingerprint density at radius 2 is 2.53 bits per heavy atom. The summed E-state index contributed by atoms with van der Waals surface area (Å²) in [5.74, 6) is 0.814. The van der Waals surface area contributed by atoms with Gasteiger partial charge in [-0.1, -0.05) is 0 Å². The van der Waals surface area contributed by atoms with Crippen molar-refractivity contribution >= 4 is 5.82 Å². The fourth-order valence-corrected chi connectivity index (χ4v) is 1.87. The van der Waals surface area contributed by atoms with Gasteiger partial charge >= 0.3 is 0 Å². The minimum absolute atomic E-state index is 0.390. The lowest BCUT2D eigenvalue weighted by molar-refractivity contribution is 0.497. The van der Waals surface area contributed by atoms with Crippen LogP contribution in [-0.2, 0) is 0 Å². The van der Waals surface area contributed by atoms with Crippen molar-refractivity contribution in [3.63, 3.8) is 0 Å². The van der Waals surface area contributed by atoms with Crippen LogP contribution in [0.2, 0.25) is 0 Å². The van der Waals surface area contributed by atoms with Crippen molar-refractivity contribution in [2.75, 3.05) is 24.5 Å². The van der Waals surface area contributed by atoms with Crippen molar-refractivity contribution in [3.05, 3.63) is 23.9 Å². The second-order valence-corrected chi connectivity index (χ2v) is 3.73. The van der Waals surface area contributed by atoms with E-state index in [2.05, 4.69) is 28.2 Å². The Labute approximate surface area is 89.5 Å². The Hall–Kier alpha value is -1.60. The third-order valence-corrected chi connectivity index (χ3v) is 2.68. The number of pyridine rings is 1. The van der Waals surface area contributed by atoms with E-state index in [1.54, 1.807) is 12.3 Å². The average Bonchev–Trinajstić information content (AvgIpc) is 2.30. The standard InChI is InChI=1S/C11H14N4/c1-9-8-13-5-6-15(9)11-10(7-12)3-2-4-14-11/h2-4,9,13H,5-6,8H2,1H3/t9-/m1/s1. The minimum atomic E-state index is 0.390. The van der Waals surface area contributed by atoms with E-state index in [4.69, 9.17) is 5.26 Å². The molecule has 0 unspecified atom stereocenters. The lowest BCUT2D eigenvalue weighted by Gasteiger charge is -2.35. The molecule has 2 heterocycles. The highest BCUT2D eigenvalue weighted by Gasteiger charge is 2.21. The minimum Gasteiger partial charge on any atom is -0.350 e. The highest BCUT2D eigenvalue weighted by Crippen LogP contribution is 2.19. The highest BCUT2D eigenvalue weighted by molar-refractivity contribution is 5.54. The molecule has 2 rings (SSSR count). The smallest absolute Gasteiger partial charge is 0.146 e. The second kappa shape index (κ2) is 4.28. The molecule has 78 valence electrons. The number of aromatic nitrogens is 1. The first-order valence-electron chi connectivity index (χ1n) is 5.15. The molecule has 0 saturated carbocycles. The van der Waals surface area contributed by atoms with E-state index in [9.17, 15) is 0 Å². The predicted octanol–water partition coefficient (Wildman–Crippen LogP) is 0.751. The number of nitriles is 1. The molecule has 1 aliphatic heterocycles. The average molecular weight is 202 g/mol. The maximum atomic E-state index is 9.00. The summed E-state index contributed by atoms with van der Waals surface area (Å²) in [5, 5.41) is 12.3. The molecule has 0 amide bonds. The van der Waals surface area contributed by atoms with Crippen molar-refractivity contribution in [1.29, 1.82) is 5.26 Å². The van der Waals surface area contributed by atoms with Gasteiger partial charge in [0, 0.05) is 31.9 Å². The van der Waals surface area contributed by atoms with Gasteiger partial charge in [0.1, 0.15) is 11.9 Å². The van der Waals surface area contributed by atoms with Crippen LogP contribution < -0.4 is 10.2 Å². The molecule has 0 bridgehead atoms. The molecule has 15 heavy (non-hydrogen) atoms. The van der Waals surface area contributed by atoms with Gasteiger partial charge in [0.15, 0.2) is 0 Å². The third-order valence-electron chi connectivity index (χ3n) is 2.68. The molecule has 4 nitrogen and oxygen atoms in total. The van der Waals surface area contributed by atoms with Gasteiger partial charge in [0.05, 0.1) is 5.56 Å². The van der Waals surface area contributed by atoms with E-state index in [1.165, 1.54) is 0 Å². The maximum absolute atomic E-state index is 9.00. The Morgan fingerprint density at radius 1 is 1.67 bits per heavy atom. The lowest BCUT2D eigenvalue weighted by Crippen LogP contribution is -2.50. The van der Waals surface area contributed by atoms with Gasteiger partial charge in [-0.05, 0) is 19.1 Å². The summed E-state index contributed by atoms with van der Waals surface area (Å²) in [4.78, 5) is 6.49. The van der Waals surface area contributed by atoms with Crippen molar-refractivity contribution in [2.24, 2.45) is 0 Å². The van der Waals surface area contributed by atoms with Crippen LogP contribution in [0.4, 0.5) is 5.82 Å². The van der Waals surface area contributed by atoms with Crippen LogP contribution >= 0.6 is 0 Å². The van der Waals surface area contributed by atoms with Crippen molar-refractivity contribution < 1.29 is 0 Å². The first kappa shape index (κ1) is 9.94. The normalized spacial score (nSPS) is 21.1. The lowest BCUT2D eigenvalue weighted by atomic mass is 10.2. The van der Waals surface area contributed by atoms with Gasteiger partial charge < -0.3 is 10.2 Å². The molecule has 0 radical (unpaired) electrons. The van der Waals surface area contributed by atoms with Crippen LogP contribution in [0, 0.1) is 11.3 Å². The number of hydrogen-bond donors (Lipinski definition) is 1. The Kier molecular flexibility index (Phi) is 2.84. The summed E-state index contributed by atoms with van der Waals surface area (Å²) >= 11 is 0. The molecule has 1 atom stereocenters. The number of nitrogens with zero attached hydrogens (tertiary/aromatic N) is 3. The van der Waals surface area contributed by atoms with Gasteiger partial charge in [-0.25, -0.2) is 4.98 Å². The van der Waals surface area contributed by atoms with Gasteiger partial charge in [-0.3, -0.25) is 0 Å². The van der Waals surface area contributed by atoms with E-state index in [1.807, 2.05) is 6.07 Å². The molecule has 1 saturated heterocycles. The van der Waals surface area contributed by atoms with Crippen LogP contribution in [0.1, 0.15) is 12.5 Å². The zero-order chi connectivity index (χ0) is 10.7. The zero-order valence-corrected chi connectivity index (χ0v) is 8.77. The van der Waals surface area contributed by atoms with Gasteiger partial charge in [0.2, 0.25) is 0 Å². The van der Waals surface area contributed by atoms with Crippen LogP contribution in [0.25, 0.3) is 0 Å². The first-order valence-corrected chi connectivity index (χ1v) is 5.15. The maximum Gasteiger partial charge on any atom is 0.146 e. The van der Waals surface area contributed by atoms with Crippen molar-refractivity contribution in [2.45, 2.75) is 13.0 Å². The van der Waals surface area contributed by atoms with E-state index in [0.717, 1.165) is 25.5 Å². The predicted molar refractivity (Wildman–Crippen MR) is 58.6 cm³/mol. The van der Waals surface area contributed by atoms with E-state index >= 15 is 0 Å². The Bertz CT molecular complexity index is 382. The fraction of sp³-hybridized carbons (Fsp3) is 0.455. The molecular formula is C11H14N4. The SMILES string of the molecule is C[C@@H]1CNCCN1c1ncccc1C#N. The summed E-state index contributed by atoms with van der Waals surface area (Å²) in [6.07, 6.45) is 1.74. The molecule has 1 aromatic rings. The molecule has 0 aromatic carbocycles. The molecule has 1 aromatic heterocycles. The molecule has 0 aliphatic carbocycles. The van der Waals surface area contributed by atoms with Gasteiger partial charge in [-0.2, -0.15) is 5.26 Å². The third kappa shape index (κ3) is 1.92.